The van der Waals surface area contributed by atoms with Gasteiger partial charge in [0.15, 0.2) is 0 Å². The van der Waals surface area contributed by atoms with Gasteiger partial charge in [0.05, 0.1) is 0 Å². The second-order valence-electron chi connectivity index (χ2n) is 6.34. The second kappa shape index (κ2) is 9.68. The van der Waals surface area contributed by atoms with Crippen LogP contribution in [0.2, 0.25) is 0 Å². The summed E-state index contributed by atoms with van der Waals surface area (Å²) < 4.78 is 0. The zero-order chi connectivity index (χ0) is 16.5. The van der Waals surface area contributed by atoms with Gasteiger partial charge in [-0.25, -0.2) is 0 Å². The Kier molecular flexibility index (Phi) is 7.56. The van der Waals surface area contributed by atoms with E-state index in [-0.39, 0.29) is 5.91 Å². The quantitative estimate of drug-likeness (QED) is 0.736. The highest BCUT2D eigenvalue weighted by molar-refractivity contribution is 5.75. The molecule has 4 nitrogen and oxygen atoms in total. The van der Waals surface area contributed by atoms with Crippen molar-refractivity contribution in [3.63, 3.8) is 0 Å². The van der Waals surface area contributed by atoms with Crippen LogP contribution in [0.15, 0.2) is 24.3 Å². The summed E-state index contributed by atoms with van der Waals surface area (Å²) in [5.74, 6) is 0.163. The van der Waals surface area contributed by atoms with Crippen molar-refractivity contribution in [1.82, 2.24) is 15.5 Å². The number of nitrogens with one attached hydrogen (secondary N) is 2. The van der Waals surface area contributed by atoms with Gasteiger partial charge in [0.1, 0.15) is 0 Å². The fourth-order valence-corrected chi connectivity index (χ4v) is 3.16. The van der Waals surface area contributed by atoms with Crippen LogP contribution in [0, 0.1) is 0 Å². The van der Waals surface area contributed by atoms with Crippen LogP contribution in [0.3, 0.4) is 0 Å². The Bertz CT molecular complexity index is 479. The molecule has 1 saturated heterocycles. The van der Waals surface area contributed by atoms with E-state index in [1.165, 1.54) is 24.0 Å². The van der Waals surface area contributed by atoms with E-state index in [1.807, 2.05) is 0 Å². The molecule has 1 aliphatic heterocycles. The third-order valence-electron chi connectivity index (χ3n) is 4.77. The summed E-state index contributed by atoms with van der Waals surface area (Å²) in [5, 5.41) is 6.53. The van der Waals surface area contributed by atoms with Gasteiger partial charge in [0, 0.05) is 25.6 Å². The van der Waals surface area contributed by atoms with Crippen LogP contribution in [0.1, 0.15) is 50.7 Å². The van der Waals surface area contributed by atoms with Crippen LogP contribution in [0.4, 0.5) is 0 Å². The lowest BCUT2D eigenvalue weighted by Crippen LogP contribution is -2.28. The summed E-state index contributed by atoms with van der Waals surface area (Å²) in [7, 11) is 0. The van der Waals surface area contributed by atoms with E-state index < -0.39 is 0 Å². The lowest BCUT2D eigenvalue weighted by Gasteiger charge is -2.20. The monoisotopic (exact) mass is 317 g/mol. The van der Waals surface area contributed by atoms with Crippen molar-refractivity contribution < 1.29 is 4.79 Å². The highest BCUT2D eigenvalue weighted by Gasteiger charge is 2.15. The maximum absolute atomic E-state index is 12.1. The maximum Gasteiger partial charge on any atom is 0.220 e. The molecule has 23 heavy (non-hydrogen) atoms. The van der Waals surface area contributed by atoms with Crippen LogP contribution >= 0.6 is 0 Å². The van der Waals surface area contributed by atoms with E-state index >= 15 is 0 Å². The molecule has 1 fully saturated rings. The molecule has 128 valence electrons. The molecule has 1 unspecified atom stereocenters. The molecule has 0 saturated carbocycles. The third kappa shape index (κ3) is 5.96. The van der Waals surface area contributed by atoms with Gasteiger partial charge in [-0.3, -0.25) is 9.69 Å². The first-order valence-electron chi connectivity index (χ1n) is 9.02. The molecule has 2 N–H and O–H groups in total. The molecule has 1 atom stereocenters. The summed E-state index contributed by atoms with van der Waals surface area (Å²) in [4.78, 5) is 14.5. The number of carbonyl (C=O) groups is 1. The Balaban J connectivity index is 1.81. The molecule has 0 aromatic heterocycles. The van der Waals surface area contributed by atoms with Gasteiger partial charge in [-0.15, -0.1) is 0 Å². The van der Waals surface area contributed by atoms with Gasteiger partial charge in [-0.05, 0) is 50.0 Å². The lowest BCUT2D eigenvalue weighted by molar-refractivity contribution is -0.121. The molecule has 1 aromatic rings. The Labute approximate surface area is 140 Å². The van der Waals surface area contributed by atoms with Gasteiger partial charge in [0.2, 0.25) is 5.91 Å². The Morgan fingerprint density at radius 1 is 1.26 bits per heavy atom. The summed E-state index contributed by atoms with van der Waals surface area (Å²) >= 11 is 0. The fourth-order valence-electron chi connectivity index (χ4n) is 3.16. The highest BCUT2D eigenvalue weighted by atomic mass is 16.1. The van der Waals surface area contributed by atoms with Crippen LogP contribution in [0.5, 0.6) is 0 Å². The minimum absolute atomic E-state index is 0.163. The van der Waals surface area contributed by atoms with E-state index in [0.717, 1.165) is 32.6 Å². The lowest BCUT2D eigenvalue weighted by atomic mass is 10.1. The molecule has 1 aliphatic rings. The van der Waals surface area contributed by atoms with Crippen LogP contribution < -0.4 is 10.6 Å². The van der Waals surface area contributed by atoms with Crippen LogP contribution in [-0.4, -0.2) is 36.5 Å². The molecule has 1 amide bonds. The van der Waals surface area contributed by atoms with Crippen molar-refractivity contribution in [2.45, 2.75) is 58.7 Å². The molecule has 1 aromatic carbocycles. The first-order chi connectivity index (χ1) is 11.2. The minimum atomic E-state index is 0.163. The van der Waals surface area contributed by atoms with Crippen molar-refractivity contribution in [2.24, 2.45) is 0 Å². The first-order valence-corrected chi connectivity index (χ1v) is 9.02. The number of hydrogen-bond acceptors (Lipinski definition) is 3. The summed E-state index contributed by atoms with van der Waals surface area (Å²) in [6, 6.07) is 8.96. The van der Waals surface area contributed by atoms with Gasteiger partial charge in [-0.1, -0.05) is 38.1 Å². The van der Waals surface area contributed by atoms with E-state index in [4.69, 9.17) is 0 Å². The Morgan fingerprint density at radius 3 is 2.65 bits per heavy atom. The van der Waals surface area contributed by atoms with Crippen molar-refractivity contribution >= 4 is 5.91 Å². The largest absolute Gasteiger partial charge is 0.352 e. The van der Waals surface area contributed by atoms with E-state index in [2.05, 4.69) is 53.6 Å². The van der Waals surface area contributed by atoms with Gasteiger partial charge >= 0.3 is 0 Å². The number of hydrogen-bond donors (Lipinski definition) is 2. The number of rotatable bonds is 9. The molecule has 2 rings (SSSR count). The number of benzene rings is 1. The van der Waals surface area contributed by atoms with Gasteiger partial charge in [0.25, 0.3) is 0 Å². The minimum Gasteiger partial charge on any atom is -0.352 e. The van der Waals surface area contributed by atoms with Crippen molar-refractivity contribution in [2.75, 3.05) is 19.6 Å². The number of carbonyl (C=O) groups excluding carboxylic acids is 1. The van der Waals surface area contributed by atoms with E-state index in [1.54, 1.807) is 0 Å². The predicted octanol–water partition coefficient (Wildman–Crippen LogP) is 2.68. The summed E-state index contributed by atoms with van der Waals surface area (Å²) in [6.07, 6.45) is 4.02. The molecule has 0 radical (unpaired) electrons. The van der Waals surface area contributed by atoms with Crippen molar-refractivity contribution in [3.05, 3.63) is 35.4 Å². The molecule has 0 aliphatic carbocycles. The van der Waals surface area contributed by atoms with Gasteiger partial charge in [-0.2, -0.15) is 0 Å². The van der Waals surface area contributed by atoms with Crippen molar-refractivity contribution in [3.8, 4) is 0 Å². The molecular weight excluding hydrogens is 286 g/mol. The number of nitrogens with zero attached hydrogens (tertiary/aromatic N) is 1. The Hall–Kier alpha value is -1.39. The van der Waals surface area contributed by atoms with Crippen LogP contribution in [0.25, 0.3) is 0 Å². The SMILES string of the molecule is CCN(CC)Cc1ccccc1CNC(=O)CCC1CCCN1. The topological polar surface area (TPSA) is 44.4 Å². The zero-order valence-corrected chi connectivity index (χ0v) is 14.6. The smallest absolute Gasteiger partial charge is 0.220 e. The second-order valence-corrected chi connectivity index (χ2v) is 6.34. The van der Waals surface area contributed by atoms with E-state index in [9.17, 15) is 4.79 Å². The summed E-state index contributed by atoms with van der Waals surface area (Å²) in [5.41, 5.74) is 2.54. The standard InChI is InChI=1S/C19H31N3O/c1-3-22(4-2)15-17-9-6-5-8-16(17)14-21-19(23)12-11-18-10-7-13-20-18/h5-6,8-9,18,20H,3-4,7,10-15H2,1-2H3,(H,21,23). The van der Waals surface area contributed by atoms with Crippen molar-refractivity contribution in [1.29, 1.82) is 0 Å². The molecule has 0 spiro atoms. The fraction of sp³-hybridized carbons (Fsp3) is 0.632. The Morgan fingerprint density at radius 2 is 2.00 bits per heavy atom. The van der Waals surface area contributed by atoms with Crippen LogP contribution in [-0.2, 0) is 17.9 Å². The first kappa shape index (κ1) is 18.0. The average molecular weight is 317 g/mol. The number of amides is 1. The molecule has 0 bridgehead atoms. The predicted molar refractivity (Wildman–Crippen MR) is 95.2 cm³/mol. The highest BCUT2D eigenvalue weighted by Crippen LogP contribution is 2.13. The zero-order valence-electron chi connectivity index (χ0n) is 14.6. The average Bonchev–Trinajstić information content (AvgIpc) is 3.10. The maximum atomic E-state index is 12.1. The molecule has 4 heteroatoms. The van der Waals surface area contributed by atoms with Gasteiger partial charge < -0.3 is 10.6 Å². The molecular formula is C19H31N3O. The molecule has 1 heterocycles. The normalized spacial score (nSPS) is 17.6. The summed E-state index contributed by atoms with van der Waals surface area (Å²) in [6.45, 7) is 9.15. The van der Waals surface area contributed by atoms with E-state index in [0.29, 0.717) is 19.0 Å². The third-order valence-corrected chi connectivity index (χ3v) is 4.77.